The fraction of sp³-hybridized carbons (Fsp3) is 0. The van der Waals surface area contributed by atoms with Gasteiger partial charge in [-0.1, -0.05) is 32.7 Å². The standard InChI is InChI=1S/C13H7BrClN3O/c14-9-3-4-11(15)10(6-9)13-17-12(18-19-13)8-2-1-5-16-7-8/h1-7H. The number of halogens is 2. The first kappa shape index (κ1) is 12.3. The molecule has 2 aromatic heterocycles. The van der Waals surface area contributed by atoms with Crippen LogP contribution in [0.3, 0.4) is 0 Å². The molecule has 0 aliphatic rings. The van der Waals surface area contributed by atoms with Crippen LogP contribution in [0.5, 0.6) is 0 Å². The minimum absolute atomic E-state index is 0.380. The van der Waals surface area contributed by atoms with Crippen LogP contribution in [0, 0.1) is 0 Å². The molecule has 0 aliphatic heterocycles. The molecule has 3 aromatic rings. The second kappa shape index (κ2) is 5.11. The van der Waals surface area contributed by atoms with E-state index in [-0.39, 0.29) is 0 Å². The first-order valence-electron chi connectivity index (χ1n) is 5.43. The van der Waals surface area contributed by atoms with E-state index in [2.05, 4.69) is 31.1 Å². The summed E-state index contributed by atoms with van der Waals surface area (Å²) in [6.07, 6.45) is 3.37. The molecule has 2 heterocycles. The molecule has 0 unspecified atom stereocenters. The molecule has 19 heavy (non-hydrogen) atoms. The number of benzene rings is 1. The molecule has 3 rings (SSSR count). The van der Waals surface area contributed by atoms with Crippen molar-refractivity contribution in [1.82, 2.24) is 15.1 Å². The molecule has 0 saturated heterocycles. The fourth-order valence-corrected chi connectivity index (χ4v) is 2.17. The Labute approximate surface area is 122 Å². The number of hydrogen-bond donors (Lipinski definition) is 0. The third kappa shape index (κ3) is 2.52. The normalized spacial score (nSPS) is 10.6. The number of rotatable bonds is 2. The van der Waals surface area contributed by atoms with Gasteiger partial charge in [0.1, 0.15) is 0 Å². The molecule has 0 atom stereocenters. The van der Waals surface area contributed by atoms with Gasteiger partial charge in [-0.05, 0) is 30.3 Å². The fourth-order valence-electron chi connectivity index (χ4n) is 1.61. The average Bonchev–Trinajstić information content (AvgIpc) is 2.92. The maximum Gasteiger partial charge on any atom is 0.259 e. The van der Waals surface area contributed by atoms with Gasteiger partial charge < -0.3 is 4.52 Å². The summed E-state index contributed by atoms with van der Waals surface area (Å²) in [5.74, 6) is 0.865. The predicted molar refractivity (Wildman–Crippen MR) is 75.7 cm³/mol. The lowest BCUT2D eigenvalue weighted by molar-refractivity contribution is 0.432. The summed E-state index contributed by atoms with van der Waals surface area (Å²) < 4.78 is 6.14. The Bertz CT molecular complexity index is 715. The lowest BCUT2D eigenvalue weighted by Gasteiger charge is -1.98. The van der Waals surface area contributed by atoms with Crippen LogP contribution in [0.15, 0.2) is 51.7 Å². The highest BCUT2D eigenvalue weighted by Gasteiger charge is 2.13. The van der Waals surface area contributed by atoms with Crippen LogP contribution in [-0.4, -0.2) is 15.1 Å². The van der Waals surface area contributed by atoms with Crippen LogP contribution in [-0.2, 0) is 0 Å². The first-order chi connectivity index (χ1) is 9.24. The quantitative estimate of drug-likeness (QED) is 0.703. The zero-order valence-corrected chi connectivity index (χ0v) is 11.9. The molecule has 0 radical (unpaired) electrons. The van der Waals surface area contributed by atoms with E-state index in [1.54, 1.807) is 18.5 Å². The number of pyridine rings is 1. The van der Waals surface area contributed by atoms with Crippen molar-refractivity contribution < 1.29 is 4.52 Å². The van der Waals surface area contributed by atoms with Crippen molar-refractivity contribution in [1.29, 1.82) is 0 Å². The SMILES string of the molecule is Clc1ccc(Br)cc1-c1nc(-c2cccnc2)no1. The van der Waals surface area contributed by atoms with Crippen LogP contribution in [0.2, 0.25) is 5.02 Å². The Kier molecular flexibility index (Phi) is 3.31. The van der Waals surface area contributed by atoms with Crippen LogP contribution >= 0.6 is 27.5 Å². The highest BCUT2D eigenvalue weighted by molar-refractivity contribution is 9.10. The maximum atomic E-state index is 6.13. The molecule has 0 N–H and O–H groups in total. The molecule has 0 spiro atoms. The lowest BCUT2D eigenvalue weighted by atomic mass is 10.2. The van der Waals surface area contributed by atoms with E-state index in [0.29, 0.717) is 22.3 Å². The Morgan fingerprint density at radius 3 is 2.89 bits per heavy atom. The second-order valence-corrected chi connectivity index (χ2v) is 5.11. The van der Waals surface area contributed by atoms with Crippen LogP contribution in [0.25, 0.3) is 22.8 Å². The van der Waals surface area contributed by atoms with Gasteiger partial charge in [-0.15, -0.1) is 0 Å². The van der Waals surface area contributed by atoms with Gasteiger partial charge in [0.05, 0.1) is 10.6 Å². The van der Waals surface area contributed by atoms with Crippen molar-refractivity contribution in [2.45, 2.75) is 0 Å². The van der Waals surface area contributed by atoms with Crippen molar-refractivity contribution in [3.05, 3.63) is 52.2 Å². The molecule has 94 valence electrons. The highest BCUT2D eigenvalue weighted by Crippen LogP contribution is 2.30. The van der Waals surface area contributed by atoms with Crippen LogP contribution < -0.4 is 0 Å². The number of nitrogens with zero attached hydrogens (tertiary/aromatic N) is 3. The van der Waals surface area contributed by atoms with Crippen LogP contribution in [0.1, 0.15) is 0 Å². The van der Waals surface area contributed by atoms with Gasteiger partial charge in [-0.3, -0.25) is 4.98 Å². The van der Waals surface area contributed by atoms with Crippen molar-refractivity contribution in [2.24, 2.45) is 0 Å². The molecule has 0 amide bonds. The van der Waals surface area contributed by atoms with Gasteiger partial charge in [0.15, 0.2) is 0 Å². The third-order valence-corrected chi connectivity index (χ3v) is 3.33. The molecule has 4 nitrogen and oxygen atoms in total. The monoisotopic (exact) mass is 335 g/mol. The van der Waals surface area contributed by atoms with Gasteiger partial charge in [-0.25, -0.2) is 0 Å². The summed E-state index contributed by atoms with van der Waals surface area (Å²) in [6, 6.07) is 9.14. The minimum atomic E-state index is 0.380. The summed E-state index contributed by atoms with van der Waals surface area (Å²) in [6.45, 7) is 0. The predicted octanol–water partition coefficient (Wildman–Crippen LogP) is 4.21. The Hall–Kier alpha value is -1.72. The maximum absolute atomic E-state index is 6.13. The summed E-state index contributed by atoms with van der Waals surface area (Å²) in [5, 5.41) is 4.49. The largest absolute Gasteiger partial charge is 0.334 e. The van der Waals surface area contributed by atoms with Gasteiger partial charge in [-0.2, -0.15) is 4.98 Å². The number of aromatic nitrogens is 3. The van der Waals surface area contributed by atoms with E-state index in [9.17, 15) is 0 Å². The summed E-state index contributed by atoms with van der Waals surface area (Å²) in [5.41, 5.74) is 1.49. The van der Waals surface area contributed by atoms with E-state index in [1.807, 2.05) is 24.3 Å². The van der Waals surface area contributed by atoms with E-state index in [4.69, 9.17) is 16.1 Å². The van der Waals surface area contributed by atoms with Crippen molar-refractivity contribution in [2.75, 3.05) is 0 Å². The zero-order chi connectivity index (χ0) is 13.2. The van der Waals surface area contributed by atoms with E-state index < -0.39 is 0 Å². The van der Waals surface area contributed by atoms with E-state index in [0.717, 1.165) is 10.0 Å². The van der Waals surface area contributed by atoms with Crippen molar-refractivity contribution >= 4 is 27.5 Å². The summed E-state index contributed by atoms with van der Waals surface area (Å²) >= 11 is 9.51. The third-order valence-electron chi connectivity index (χ3n) is 2.50. The molecular weight excluding hydrogens is 330 g/mol. The molecule has 0 bridgehead atoms. The minimum Gasteiger partial charge on any atom is -0.334 e. The molecule has 0 aliphatic carbocycles. The highest BCUT2D eigenvalue weighted by atomic mass is 79.9. The molecule has 1 aromatic carbocycles. The lowest BCUT2D eigenvalue weighted by Crippen LogP contribution is -1.83. The van der Waals surface area contributed by atoms with Crippen molar-refractivity contribution in [3.63, 3.8) is 0 Å². The van der Waals surface area contributed by atoms with Gasteiger partial charge in [0.2, 0.25) is 5.82 Å². The second-order valence-electron chi connectivity index (χ2n) is 3.79. The molecule has 6 heteroatoms. The number of hydrogen-bond acceptors (Lipinski definition) is 4. The van der Waals surface area contributed by atoms with Gasteiger partial charge >= 0.3 is 0 Å². The topological polar surface area (TPSA) is 51.8 Å². The summed E-state index contributed by atoms with van der Waals surface area (Å²) in [4.78, 5) is 8.35. The molecule has 0 saturated carbocycles. The Morgan fingerprint density at radius 2 is 2.11 bits per heavy atom. The Balaban J connectivity index is 2.04. The van der Waals surface area contributed by atoms with E-state index in [1.165, 1.54) is 0 Å². The van der Waals surface area contributed by atoms with Crippen molar-refractivity contribution in [3.8, 4) is 22.8 Å². The van der Waals surface area contributed by atoms with E-state index >= 15 is 0 Å². The zero-order valence-electron chi connectivity index (χ0n) is 9.55. The first-order valence-corrected chi connectivity index (χ1v) is 6.60. The van der Waals surface area contributed by atoms with Crippen LogP contribution in [0.4, 0.5) is 0 Å². The average molecular weight is 337 g/mol. The smallest absolute Gasteiger partial charge is 0.259 e. The van der Waals surface area contributed by atoms with Gasteiger partial charge in [0, 0.05) is 22.4 Å². The molecule has 0 fully saturated rings. The molecular formula is C13H7BrClN3O. The Morgan fingerprint density at radius 1 is 1.21 bits per heavy atom. The summed E-state index contributed by atoms with van der Waals surface area (Å²) in [7, 11) is 0. The van der Waals surface area contributed by atoms with Gasteiger partial charge in [0.25, 0.3) is 5.89 Å².